The van der Waals surface area contributed by atoms with Gasteiger partial charge in [-0.1, -0.05) is 23.4 Å². The van der Waals surface area contributed by atoms with E-state index < -0.39 is 0 Å². The standard InChI is InChI=1S/C20H21N5O3/c26-19(21-13-17-7-4-12-28-17)15-8-10-24(11-9-15)20(27)18-14-25(23-22-18)16-5-2-1-3-6-16/h1-7,12,14-15H,8-11,13H2,(H,21,26). The lowest BCUT2D eigenvalue weighted by Crippen LogP contribution is -2.43. The van der Waals surface area contributed by atoms with Crippen molar-refractivity contribution in [3.05, 3.63) is 66.4 Å². The van der Waals surface area contributed by atoms with E-state index >= 15 is 0 Å². The van der Waals surface area contributed by atoms with Gasteiger partial charge in [0.1, 0.15) is 5.76 Å². The Balaban J connectivity index is 1.30. The van der Waals surface area contributed by atoms with Crippen LogP contribution in [-0.2, 0) is 11.3 Å². The number of hydrogen-bond acceptors (Lipinski definition) is 5. The molecule has 1 aromatic carbocycles. The van der Waals surface area contributed by atoms with Gasteiger partial charge in [0, 0.05) is 19.0 Å². The highest BCUT2D eigenvalue weighted by Crippen LogP contribution is 2.19. The van der Waals surface area contributed by atoms with Crippen LogP contribution in [0.2, 0.25) is 0 Å². The quantitative estimate of drug-likeness (QED) is 0.732. The Hall–Kier alpha value is -3.42. The Labute approximate surface area is 162 Å². The number of hydrogen-bond donors (Lipinski definition) is 1. The maximum atomic E-state index is 12.7. The summed E-state index contributed by atoms with van der Waals surface area (Å²) < 4.78 is 6.81. The average molecular weight is 379 g/mol. The third-order valence-corrected chi connectivity index (χ3v) is 4.90. The predicted molar refractivity (Wildman–Crippen MR) is 101 cm³/mol. The summed E-state index contributed by atoms with van der Waals surface area (Å²) in [5, 5.41) is 10.9. The molecule has 2 aromatic heterocycles. The van der Waals surface area contributed by atoms with Crippen LogP contribution in [0, 0.1) is 5.92 Å². The third kappa shape index (κ3) is 3.95. The summed E-state index contributed by atoms with van der Waals surface area (Å²) in [5.41, 5.74) is 1.16. The summed E-state index contributed by atoms with van der Waals surface area (Å²) in [6.45, 7) is 1.43. The number of amides is 2. The fourth-order valence-corrected chi connectivity index (χ4v) is 3.31. The number of likely N-dealkylation sites (tertiary alicyclic amines) is 1. The highest BCUT2D eigenvalue weighted by molar-refractivity contribution is 5.92. The van der Waals surface area contributed by atoms with Crippen molar-refractivity contribution >= 4 is 11.8 Å². The van der Waals surface area contributed by atoms with Crippen molar-refractivity contribution in [2.45, 2.75) is 19.4 Å². The summed E-state index contributed by atoms with van der Waals surface area (Å²) in [4.78, 5) is 26.7. The van der Waals surface area contributed by atoms with E-state index in [2.05, 4.69) is 15.6 Å². The molecule has 2 amide bonds. The SMILES string of the molecule is O=C(NCc1ccco1)C1CCN(C(=O)c2cn(-c3ccccc3)nn2)CC1. The van der Waals surface area contributed by atoms with E-state index in [1.165, 1.54) is 0 Å². The van der Waals surface area contributed by atoms with Crippen molar-refractivity contribution in [3.63, 3.8) is 0 Å². The second kappa shape index (κ2) is 8.08. The van der Waals surface area contributed by atoms with E-state index in [0.717, 1.165) is 11.4 Å². The molecule has 8 nitrogen and oxygen atoms in total. The van der Waals surface area contributed by atoms with Gasteiger partial charge in [-0.25, -0.2) is 4.68 Å². The Bertz CT molecular complexity index is 928. The fourth-order valence-electron chi connectivity index (χ4n) is 3.31. The van der Waals surface area contributed by atoms with Gasteiger partial charge in [0.05, 0.1) is 24.7 Å². The minimum Gasteiger partial charge on any atom is -0.467 e. The highest BCUT2D eigenvalue weighted by atomic mass is 16.3. The zero-order valence-electron chi connectivity index (χ0n) is 15.3. The normalized spacial score (nSPS) is 14.8. The Morgan fingerprint density at radius 1 is 1.11 bits per heavy atom. The maximum absolute atomic E-state index is 12.7. The van der Waals surface area contributed by atoms with Crippen LogP contribution in [0.15, 0.2) is 59.3 Å². The molecule has 1 aliphatic rings. The first-order valence-corrected chi connectivity index (χ1v) is 9.28. The van der Waals surface area contributed by atoms with Gasteiger partial charge in [-0.3, -0.25) is 9.59 Å². The molecular formula is C20H21N5O3. The smallest absolute Gasteiger partial charge is 0.276 e. The molecule has 0 atom stereocenters. The van der Waals surface area contributed by atoms with Crippen molar-refractivity contribution in [1.82, 2.24) is 25.2 Å². The number of piperidine rings is 1. The maximum Gasteiger partial charge on any atom is 0.276 e. The molecule has 0 aliphatic carbocycles. The number of para-hydroxylation sites is 1. The first kappa shape index (κ1) is 18.0. The van der Waals surface area contributed by atoms with Gasteiger partial charge in [-0.2, -0.15) is 0 Å². The molecule has 144 valence electrons. The highest BCUT2D eigenvalue weighted by Gasteiger charge is 2.29. The predicted octanol–water partition coefficient (Wildman–Crippen LogP) is 2.03. The molecule has 8 heteroatoms. The number of rotatable bonds is 5. The molecule has 1 saturated heterocycles. The third-order valence-electron chi connectivity index (χ3n) is 4.90. The number of aromatic nitrogens is 3. The van der Waals surface area contributed by atoms with E-state index in [4.69, 9.17) is 4.42 Å². The summed E-state index contributed by atoms with van der Waals surface area (Å²) in [5.74, 6) is 0.469. The first-order chi connectivity index (χ1) is 13.7. The lowest BCUT2D eigenvalue weighted by atomic mass is 9.95. The second-order valence-electron chi connectivity index (χ2n) is 6.75. The van der Waals surface area contributed by atoms with Crippen molar-refractivity contribution < 1.29 is 14.0 Å². The number of nitrogens with zero attached hydrogens (tertiary/aromatic N) is 4. The molecule has 0 bridgehead atoms. The molecule has 1 fully saturated rings. The van der Waals surface area contributed by atoms with Crippen molar-refractivity contribution in [2.24, 2.45) is 5.92 Å². The first-order valence-electron chi connectivity index (χ1n) is 9.28. The van der Waals surface area contributed by atoms with Crippen LogP contribution in [0.3, 0.4) is 0 Å². The molecule has 0 radical (unpaired) electrons. The summed E-state index contributed by atoms with van der Waals surface area (Å²) >= 11 is 0. The zero-order chi connectivity index (χ0) is 19.3. The van der Waals surface area contributed by atoms with E-state index in [-0.39, 0.29) is 17.7 Å². The van der Waals surface area contributed by atoms with Crippen molar-refractivity contribution in [2.75, 3.05) is 13.1 Å². The zero-order valence-corrected chi connectivity index (χ0v) is 15.3. The molecule has 3 heterocycles. The molecule has 0 unspecified atom stereocenters. The van der Waals surface area contributed by atoms with E-state index in [1.54, 1.807) is 28.1 Å². The van der Waals surface area contributed by atoms with Gasteiger partial charge < -0.3 is 14.6 Å². The lowest BCUT2D eigenvalue weighted by molar-refractivity contribution is -0.126. The summed E-state index contributed by atoms with van der Waals surface area (Å²) in [7, 11) is 0. The van der Waals surface area contributed by atoms with Crippen LogP contribution >= 0.6 is 0 Å². The number of furan rings is 1. The van der Waals surface area contributed by atoms with Crippen LogP contribution in [0.4, 0.5) is 0 Å². The molecule has 3 aromatic rings. The summed E-state index contributed by atoms with van der Waals surface area (Å²) in [6.07, 6.45) is 4.48. The minimum atomic E-state index is -0.156. The van der Waals surface area contributed by atoms with E-state index in [9.17, 15) is 9.59 Å². The Morgan fingerprint density at radius 3 is 2.61 bits per heavy atom. The molecule has 1 aliphatic heterocycles. The number of benzene rings is 1. The Morgan fingerprint density at radius 2 is 1.89 bits per heavy atom. The fraction of sp³-hybridized carbons (Fsp3) is 0.300. The number of carbonyl (C=O) groups excluding carboxylic acids is 2. The van der Waals surface area contributed by atoms with Crippen LogP contribution in [0.5, 0.6) is 0 Å². The van der Waals surface area contributed by atoms with Gasteiger partial charge >= 0.3 is 0 Å². The van der Waals surface area contributed by atoms with Gasteiger partial charge in [0.2, 0.25) is 5.91 Å². The minimum absolute atomic E-state index is 0.00137. The average Bonchev–Trinajstić information content (AvgIpc) is 3.44. The van der Waals surface area contributed by atoms with Gasteiger partial charge in [0.15, 0.2) is 5.69 Å². The Kier molecular flexibility index (Phi) is 5.18. The van der Waals surface area contributed by atoms with Crippen LogP contribution in [-0.4, -0.2) is 44.8 Å². The van der Waals surface area contributed by atoms with Crippen LogP contribution in [0.25, 0.3) is 5.69 Å². The largest absolute Gasteiger partial charge is 0.467 e. The molecule has 28 heavy (non-hydrogen) atoms. The van der Waals surface area contributed by atoms with Crippen molar-refractivity contribution in [1.29, 1.82) is 0 Å². The molecule has 1 N–H and O–H groups in total. The number of nitrogens with one attached hydrogen (secondary N) is 1. The van der Waals surface area contributed by atoms with Crippen LogP contribution < -0.4 is 5.32 Å². The van der Waals surface area contributed by atoms with Gasteiger partial charge in [0.25, 0.3) is 5.91 Å². The van der Waals surface area contributed by atoms with Gasteiger partial charge in [-0.15, -0.1) is 5.10 Å². The van der Waals surface area contributed by atoms with Gasteiger partial charge in [-0.05, 0) is 37.1 Å². The molecule has 4 rings (SSSR count). The van der Waals surface area contributed by atoms with E-state index in [1.807, 2.05) is 36.4 Å². The second-order valence-corrected chi connectivity index (χ2v) is 6.75. The summed E-state index contributed by atoms with van der Waals surface area (Å²) in [6, 6.07) is 13.1. The van der Waals surface area contributed by atoms with Crippen LogP contribution in [0.1, 0.15) is 29.1 Å². The monoisotopic (exact) mass is 379 g/mol. The lowest BCUT2D eigenvalue weighted by Gasteiger charge is -2.30. The topological polar surface area (TPSA) is 93.3 Å². The van der Waals surface area contributed by atoms with E-state index in [0.29, 0.717) is 38.2 Å². The number of carbonyl (C=O) groups is 2. The molecule has 0 spiro atoms. The van der Waals surface area contributed by atoms with Crippen molar-refractivity contribution in [3.8, 4) is 5.69 Å². The molecule has 0 saturated carbocycles. The molecular weight excluding hydrogens is 358 g/mol.